The first kappa shape index (κ1) is 26.4. The number of amides is 1. The summed E-state index contributed by atoms with van der Waals surface area (Å²) in [5.74, 6) is 0.859. The highest BCUT2D eigenvalue weighted by molar-refractivity contribution is 6.30. The summed E-state index contributed by atoms with van der Waals surface area (Å²) in [6.07, 6.45) is 4.94. The topological polar surface area (TPSA) is 77.2 Å². The van der Waals surface area contributed by atoms with Gasteiger partial charge in [0, 0.05) is 61.3 Å². The summed E-state index contributed by atoms with van der Waals surface area (Å²) >= 11 is 6.05. The molecule has 1 amide bonds. The molecule has 8 nitrogen and oxygen atoms in total. The van der Waals surface area contributed by atoms with Crippen LogP contribution in [0.4, 0.5) is 5.69 Å². The lowest BCUT2D eigenvalue weighted by atomic mass is 9.78. The third-order valence-electron chi connectivity index (χ3n) is 9.23. The molecule has 3 aliphatic heterocycles. The van der Waals surface area contributed by atoms with Gasteiger partial charge in [0.15, 0.2) is 11.5 Å². The SMILES string of the molecule is CN1CCC2(C1)CN(C(=O)c1ccc(Cc3nc4c(N5CCC(O)(c6ccc(Cl)cc6)CC5)cccn4n3)cc1)C2. The molecular formula is C32H35ClN6O2. The van der Waals surface area contributed by atoms with E-state index in [0.29, 0.717) is 42.8 Å². The van der Waals surface area contributed by atoms with Gasteiger partial charge in [-0.25, -0.2) is 9.50 Å². The monoisotopic (exact) mass is 570 g/mol. The zero-order valence-corrected chi connectivity index (χ0v) is 24.1. The predicted molar refractivity (Wildman–Crippen MR) is 159 cm³/mol. The maximum atomic E-state index is 13.0. The quantitative estimate of drug-likeness (QED) is 0.387. The van der Waals surface area contributed by atoms with Crippen LogP contribution in [0.25, 0.3) is 5.65 Å². The number of fused-ring (bicyclic) bond motifs is 1. The molecule has 2 aromatic heterocycles. The third kappa shape index (κ3) is 4.98. The number of halogens is 1. The highest BCUT2D eigenvalue weighted by Gasteiger charge is 2.48. The molecule has 3 aliphatic rings. The van der Waals surface area contributed by atoms with Gasteiger partial charge in [0.1, 0.15) is 0 Å². The number of carbonyl (C=O) groups excluding carboxylic acids is 1. The normalized spacial score (nSPS) is 20.1. The Morgan fingerprint density at radius 1 is 0.951 bits per heavy atom. The molecule has 7 rings (SSSR count). The Morgan fingerprint density at radius 2 is 1.68 bits per heavy atom. The fraction of sp³-hybridized carbons (Fsp3) is 0.406. The van der Waals surface area contributed by atoms with Crippen LogP contribution < -0.4 is 4.90 Å². The minimum atomic E-state index is -0.858. The maximum Gasteiger partial charge on any atom is 0.253 e. The zero-order chi connectivity index (χ0) is 28.2. The number of piperidine rings is 1. The maximum absolute atomic E-state index is 13.0. The molecule has 0 aliphatic carbocycles. The van der Waals surface area contributed by atoms with Gasteiger partial charge >= 0.3 is 0 Å². The van der Waals surface area contributed by atoms with Crippen LogP contribution in [0.2, 0.25) is 5.02 Å². The summed E-state index contributed by atoms with van der Waals surface area (Å²) in [6, 6.07) is 19.5. The van der Waals surface area contributed by atoms with Crippen LogP contribution in [0.3, 0.4) is 0 Å². The Kier molecular flexibility index (Phi) is 6.52. The number of pyridine rings is 1. The van der Waals surface area contributed by atoms with E-state index in [1.165, 1.54) is 6.42 Å². The first-order chi connectivity index (χ1) is 19.8. The number of aromatic nitrogens is 3. The Hall–Kier alpha value is -3.46. The molecule has 3 fully saturated rings. The summed E-state index contributed by atoms with van der Waals surface area (Å²) in [5, 5.41) is 16.7. The van der Waals surface area contributed by atoms with E-state index in [9.17, 15) is 9.90 Å². The van der Waals surface area contributed by atoms with Gasteiger partial charge in [0.2, 0.25) is 0 Å². The molecule has 212 valence electrons. The molecule has 9 heteroatoms. The van der Waals surface area contributed by atoms with Gasteiger partial charge in [-0.3, -0.25) is 4.79 Å². The van der Waals surface area contributed by atoms with Crippen molar-refractivity contribution in [2.24, 2.45) is 5.41 Å². The molecule has 0 saturated carbocycles. The fourth-order valence-corrected chi connectivity index (χ4v) is 7.00. The van der Waals surface area contributed by atoms with Crippen LogP contribution in [0.1, 0.15) is 46.6 Å². The Balaban J connectivity index is 1.01. The lowest BCUT2D eigenvalue weighted by molar-refractivity contribution is 0.0115. The largest absolute Gasteiger partial charge is 0.385 e. The Bertz CT molecular complexity index is 1570. The van der Waals surface area contributed by atoms with Crippen molar-refractivity contribution in [3.8, 4) is 0 Å². The number of aliphatic hydroxyl groups is 1. The summed E-state index contributed by atoms with van der Waals surface area (Å²) in [7, 11) is 2.16. The van der Waals surface area contributed by atoms with Crippen molar-refractivity contribution in [2.75, 3.05) is 51.2 Å². The number of hydrogen-bond donors (Lipinski definition) is 1. The van der Waals surface area contributed by atoms with E-state index < -0.39 is 5.60 Å². The molecule has 1 N–H and O–H groups in total. The predicted octanol–water partition coefficient (Wildman–Crippen LogP) is 4.24. The van der Waals surface area contributed by atoms with Crippen LogP contribution in [0.5, 0.6) is 0 Å². The smallest absolute Gasteiger partial charge is 0.253 e. The van der Waals surface area contributed by atoms with Crippen LogP contribution in [-0.4, -0.2) is 81.7 Å². The van der Waals surface area contributed by atoms with Crippen LogP contribution in [0.15, 0.2) is 66.9 Å². The van der Waals surface area contributed by atoms with Gasteiger partial charge in [0.05, 0.1) is 11.3 Å². The fourth-order valence-electron chi connectivity index (χ4n) is 6.88. The highest BCUT2D eigenvalue weighted by Crippen LogP contribution is 2.40. The van der Waals surface area contributed by atoms with E-state index in [2.05, 4.69) is 22.9 Å². The second kappa shape index (κ2) is 10.1. The van der Waals surface area contributed by atoms with Crippen molar-refractivity contribution in [1.82, 2.24) is 24.4 Å². The molecule has 2 aromatic carbocycles. The Morgan fingerprint density at radius 3 is 2.37 bits per heavy atom. The van der Waals surface area contributed by atoms with E-state index >= 15 is 0 Å². The van der Waals surface area contributed by atoms with Gasteiger partial charge in [-0.2, -0.15) is 5.10 Å². The number of rotatable bonds is 5. The van der Waals surface area contributed by atoms with Gasteiger partial charge in [0.25, 0.3) is 5.91 Å². The summed E-state index contributed by atoms with van der Waals surface area (Å²) in [4.78, 5) is 24.5. The third-order valence-corrected chi connectivity index (χ3v) is 9.48. The molecule has 41 heavy (non-hydrogen) atoms. The lowest BCUT2D eigenvalue weighted by Gasteiger charge is -2.48. The van der Waals surface area contributed by atoms with Crippen molar-refractivity contribution in [1.29, 1.82) is 0 Å². The van der Waals surface area contributed by atoms with Crippen molar-refractivity contribution < 1.29 is 9.90 Å². The summed E-state index contributed by atoms with van der Waals surface area (Å²) in [5.41, 5.74) is 4.01. The molecule has 3 saturated heterocycles. The van der Waals surface area contributed by atoms with Crippen LogP contribution in [-0.2, 0) is 12.0 Å². The number of likely N-dealkylation sites (tertiary alicyclic amines) is 2. The second-order valence-corrected chi connectivity index (χ2v) is 12.7. The molecule has 0 bridgehead atoms. The van der Waals surface area contributed by atoms with E-state index in [-0.39, 0.29) is 5.91 Å². The molecule has 5 heterocycles. The average Bonchev–Trinajstić information content (AvgIpc) is 3.56. The van der Waals surface area contributed by atoms with Gasteiger partial charge in [-0.15, -0.1) is 0 Å². The number of benzene rings is 2. The van der Waals surface area contributed by atoms with E-state index in [1.807, 2.05) is 70.2 Å². The number of hydrogen-bond acceptors (Lipinski definition) is 6. The van der Waals surface area contributed by atoms with Gasteiger partial charge in [-0.05, 0) is 80.4 Å². The number of nitrogens with zero attached hydrogens (tertiary/aromatic N) is 6. The van der Waals surface area contributed by atoms with Crippen molar-refractivity contribution >= 4 is 28.8 Å². The van der Waals surface area contributed by atoms with Gasteiger partial charge in [-0.1, -0.05) is 35.9 Å². The zero-order valence-electron chi connectivity index (χ0n) is 23.3. The first-order valence-electron chi connectivity index (χ1n) is 14.4. The van der Waals surface area contributed by atoms with Crippen molar-refractivity contribution in [3.05, 3.63) is 94.4 Å². The summed E-state index contributed by atoms with van der Waals surface area (Å²) < 4.78 is 1.84. The standard InChI is InChI=1S/C32H35ClN6O2/c1-36-16-12-31(20-36)21-38(22-31)30(40)24-6-4-23(5-7-24)19-28-34-29-27(3-2-15-39(29)35-28)37-17-13-32(41,14-18-37)25-8-10-26(33)11-9-25/h2-11,15,41H,12-14,16-22H2,1H3. The Labute approximate surface area is 245 Å². The number of carbonyl (C=O) groups is 1. The molecule has 0 atom stereocenters. The van der Waals surface area contributed by atoms with Crippen LogP contribution in [0, 0.1) is 5.41 Å². The molecular weight excluding hydrogens is 536 g/mol. The van der Waals surface area contributed by atoms with Crippen molar-refractivity contribution in [2.45, 2.75) is 31.3 Å². The molecule has 0 radical (unpaired) electrons. The molecule has 0 unspecified atom stereocenters. The van der Waals surface area contributed by atoms with Crippen LogP contribution >= 0.6 is 11.6 Å². The molecule has 4 aromatic rings. The minimum absolute atomic E-state index is 0.122. The minimum Gasteiger partial charge on any atom is -0.385 e. The lowest BCUT2D eigenvalue weighted by Crippen LogP contribution is -2.59. The molecule has 1 spiro atoms. The van der Waals surface area contributed by atoms with E-state index in [0.717, 1.165) is 60.0 Å². The van der Waals surface area contributed by atoms with Crippen molar-refractivity contribution in [3.63, 3.8) is 0 Å². The second-order valence-electron chi connectivity index (χ2n) is 12.2. The highest BCUT2D eigenvalue weighted by atomic mass is 35.5. The van der Waals surface area contributed by atoms with Gasteiger partial charge < -0.3 is 19.8 Å². The van der Waals surface area contributed by atoms with E-state index in [4.69, 9.17) is 21.7 Å². The summed E-state index contributed by atoms with van der Waals surface area (Å²) in [6.45, 7) is 5.37. The average molecular weight is 571 g/mol. The van der Waals surface area contributed by atoms with E-state index in [1.54, 1.807) is 0 Å². The first-order valence-corrected chi connectivity index (χ1v) is 14.8. The number of anilines is 1.